The zero-order valence-electron chi connectivity index (χ0n) is 20.9. The van der Waals surface area contributed by atoms with Crippen LogP contribution in [0.3, 0.4) is 0 Å². The molecule has 0 spiro atoms. The number of carbonyl (C=O) groups excluding carboxylic acids is 1. The smallest absolute Gasteiger partial charge is 0.326 e. The highest BCUT2D eigenvalue weighted by Crippen LogP contribution is 2.29. The molecule has 37 heavy (non-hydrogen) atoms. The van der Waals surface area contributed by atoms with E-state index in [1.54, 1.807) is 6.07 Å². The Labute approximate surface area is 219 Å². The van der Waals surface area contributed by atoms with Crippen molar-refractivity contribution in [2.45, 2.75) is 32.2 Å². The number of fused-ring (bicyclic) bond motifs is 1. The van der Waals surface area contributed by atoms with E-state index in [9.17, 15) is 19.2 Å². The molecule has 1 amide bonds. The largest absolute Gasteiger partial charge is 0.617 e. The third kappa shape index (κ3) is 6.76. The fourth-order valence-electron chi connectivity index (χ4n) is 4.36. The van der Waals surface area contributed by atoms with E-state index < -0.39 is 29.1 Å². The maximum Gasteiger partial charge on any atom is 0.326 e. The molecule has 0 radical (unpaired) electrons. The maximum absolute atomic E-state index is 13.3. The summed E-state index contributed by atoms with van der Waals surface area (Å²) in [5, 5.41) is 13.3. The molecule has 0 saturated carbocycles. The van der Waals surface area contributed by atoms with Gasteiger partial charge in [-0.3, -0.25) is 9.78 Å². The highest BCUT2D eigenvalue weighted by molar-refractivity contribution is 7.90. The number of carbonyl (C=O) groups is 2. The number of nitrogens with zero attached hydrogens (tertiary/aromatic N) is 1. The minimum Gasteiger partial charge on any atom is -0.617 e. The Hall–Kier alpha value is -3.68. The summed E-state index contributed by atoms with van der Waals surface area (Å²) in [5.74, 6) is -1.40. The van der Waals surface area contributed by atoms with Gasteiger partial charge in [0.2, 0.25) is 0 Å². The number of rotatable bonds is 10. The van der Waals surface area contributed by atoms with Crippen molar-refractivity contribution in [1.82, 2.24) is 10.3 Å². The zero-order chi connectivity index (χ0) is 26.4. The lowest BCUT2D eigenvalue weighted by Gasteiger charge is -2.18. The summed E-state index contributed by atoms with van der Waals surface area (Å²) in [6, 6.07) is 22.6. The molecule has 6 nitrogen and oxygen atoms in total. The van der Waals surface area contributed by atoms with Crippen LogP contribution in [0, 0.1) is 6.92 Å². The summed E-state index contributed by atoms with van der Waals surface area (Å²) in [5.41, 5.74) is 6.28. The average Bonchev–Trinajstić information content (AvgIpc) is 2.89. The minimum absolute atomic E-state index is 0.0990. The van der Waals surface area contributed by atoms with E-state index in [1.165, 1.54) is 6.26 Å². The van der Waals surface area contributed by atoms with Gasteiger partial charge >= 0.3 is 5.97 Å². The number of aromatic nitrogens is 1. The second-order valence-electron chi connectivity index (χ2n) is 9.16. The Bertz CT molecular complexity index is 1420. The summed E-state index contributed by atoms with van der Waals surface area (Å²) in [4.78, 5) is 29.5. The Morgan fingerprint density at radius 1 is 0.973 bits per heavy atom. The van der Waals surface area contributed by atoms with Gasteiger partial charge in [-0.15, -0.1) is 0 Å². The summed E-state index contributed by atoms with van der Waals surface area (Å²) >= 11 is -1.15. The lowest BCUT2D eigenvalue weighted by atomic mass is 9.92. The first-order chi connectivity index (χ1) is 17.8. The highest BCUT2D eigenvalue weighted by Gasteiger charge is 2.24. The number of para-hydroxylation sites is 1. The third-order valence-electron chi connectivity index (χ3n) is 6.41. The number of amides is 1. The van der Waals surface area contributed by atoms with Crippen molar-refractivity contribution < 1.29 is 19.2 Å². The van der Waals surface area contributed by atoms with Gasteiger partial charge in [0.1, 0.15) is 11.8 Å². The first-order valence-electron chi connectivity index (χ1n) is 12.2. The van der Waals surface area contributed by atoms with Gasteiger partial charge in [-0.1, -0.05) is 65.8 Å². The van der Waals surface area contributed by atoms with Crippen LogP contribution in [0.25, 0.3) is 22.0 Å². The van der Waals surface area contributed by atoms with Gasteiger partial charge in [0, 0.05) is 23.6 Å². The number of nitrogens with one attached hydrogen (secondary N) is 1. The predicted octanol–water partition coefficient (Wildman–Crippen LogP) is 4.95. The van der Waals surface area contributed by atoms with Crippen LogP contribution in [0.2, 0.25) is 0 Å². The summed E-state index contributed by atoms with van der Waals surface area (Å²) < 4.78 is 11.5. The number of aryl methyl sites for hydroxylation is 3. The van der Waals surface area contributed by atoms with Crippen molar-refractivity contribution in [2.75, 3.05) is 12.0 Å². The Balaban J connectivity index is 1.61. The molecule has 7 heteroatoms. The predicted molar refractivity (Wildman–Crippen MR) is 148 cm³/mol. The van der Waals surface area contributed by atoms with E-state index in [2.05, 4.69) is 22.4 Å². The highest BCUT2D eigenvalue weighted by atomic mass is 32.2. The topological polar surface area (TPSA) is 102 Å². The van der Waals surface area contributed by atoms with Crippen LogP contribution in [0.15, 0.2) is 79.0 Å². The molecule has 4 aromatic rings. The molecule has 0 aliphatic heterocycles. The molecule has 0 aliphatic carbocycles. The van der Waals surface area contributed by atoms with E-state index in [0.29, 0.717) is 5.56 Å². The Kier molecular flexibility index (Phi) is 8.58. The summed E-state index contributed by atoms with van der Waals surface area (Å²) in [7, 11) is 0. The molecule has 3 aromatic carbocycles. The molecule has 4 rings (SSSR count). The molecular weight excluding hydrogens is 484 g/mol. The molecule has 0 aliphatic rings. The quantitative estimate of drug-likeness (QED) is 0.292. The van der Waals surface area contributed by atoms with E-state index in [0.717, 1.165) is 51.6 Å². The van der Waals surface area contributed by atoms with Gasteiger partial charge in [-0.2, -0.15) is 0 Å². The maximum atomic E-state index is 13.3. The normalized spacial score (nSPS) is 12.7. The standard InChI is InChI=1S/C30H30N2O4S/c1-20-7-3-5-9-24(20)26-18-21(11-12-22-17-23-8-4-6-10-27(23)31-19-22)13-14-25(26)29(33)32-28(30(34)35)15-16-37(2)36/h3-10,13-14,17-19,28H,11-12,15-16H2,1-2H3,(H,32,33)(H,34,35). The van der Waals surface area contributed by atoms with Crippen molar-refractivity contribution in [1.29, 1.82) is 0 Å². The molecule has 2 unspecified atom stereocenters. The van der Waals surface area contributed by atoms with Gasteiger partial charge < -0.3 is 15.0 Å². The fraction of sp³-hybridized carbons (Fsp3) is 0.233. The molecule has 1 heterocycles. The van der Waals surface area contributed by atoms with Crippen molar-refractivity contribution in [2.24, 2.45) is 0 Å². The van der Waals surface area contributed by atoms with Crippen molar-refractivity contribution >= 4 is 34.0 Å². The first kappa shape index (κ1) is 26.4. The van der Waals surface area contributed by atoms with Gasteiger partial charge in [0.05, 0.1) is 11.8 Å². The van der Waals surface area contributed by atoms with Crippen molar-refractivity contribution in [3.8, 4) is 11.1 Å². The lowest BCUT2D eigenvalue weighted by molar-refractivity contribution is -0.139. The summed E-state index contributed by atoms with van der Waals surface area (Å²) in [6.07, 6.45) is 5.08. The Morgan fingerprint density at radius 3 is 2.46 bits per heavy atom. The number of benzene rings is 3. The number of carboxylic acid groups (broad SMARTS) is 1. The molecule has 1 aromatic heterocycles. The fourth-order valence-corrected chi connectivity index (χ4v) is 4.93. The van der Waals surface area contributed by atoms with Crippen LogP contribution >= 0.6 is 0 Å². The molecule has 190 valence electrons. The van der Waals surface area contributed by atoms with Gasteiger partial charge in [-0.05, 0) is 65.8 Å². The number of carboxylic acids is 1. The van der Waals surface area contributed by atoms with Crippen molar-refractivity contribution in [3.05, 3.63) is 101 Å². The van der Waals surface area contributed by atoms with Crippen LogP contribution < -0.4 is 5.32 Å². The third-order valence-corrected chi connectivity index (χ3v) is 7.22. The lowest BCUT2D eigenvalue weighted by Crippen LogP contribution is -2.42. The second kappa shape index (κ2) is 12.0. The molecule has 0 bridgehead atoms. The number of hydrogen-bond acceptors (Lipinski definition) is 4. The number of aliphatic carboxylic acids is 1. The van der Waals surface area contributed by atoms with Crippen LogP contribution in [0.4, 0.5) is 0 Å². The molecule has 0 saturated heterocycles. The van der Waals surface area contributed by atoms with Gasteiger partial charge in [0.15, 0.2) is 0 Å². The first-order valence-corrected chi connectivity index (χ1v) is 13.9. The minimum atomic E-state index is -1.15. The summed E-state index contributed by atoms with van der Waals surface area (Å²) in [6.45, 7) is 1.99. The SMILES string of the molecule is Cc1ccccc1-c1cc(CCc2cnc3ccccc3c2)ccc1C(=O)NC(CC[S+](C)[O-])C(=O)O. The van der Waals surface area contributed by atoms with E-state index in [1.807, 2.05) is 67.7 Å². The van der Waals surface area contributed by atoms with Crippen molar-refractivity contribution in [3.63, 3.8) is 0 Å². The van der Waals surface area contributed by atoms with Crippen LogP contribution in [-0.4, -0.2) is 44.6 Å². The van der Waals surface area contributed by atoms with Crippen LogP contribution in [0.5, 0.6) is 0 Å². The Morgan fingerprint density at radius 2 is 1.70 bits per heavy atom. The van der Waals surface area contributed by atoms with Gasteiger partial charge in [-0.25, -0.2) is 4.79 Å². The molecule has 2 atom stereocenters. The van der Waals surface area contributed by atoms with E-state index in [4.69, 9.17) is 0 Å². The average molecular weight is 515 g/mol. The number of pyridine rings is 1. The van der Waals surface area contributed by atoms with Crippen LogP contribution in [0.1, 0.15) is 33.5 Å². The zero-order valence-corrected chi connectivity index (χ0v) is 21.8. The van der Waals surface area contributed by atoms with E-state index in [-0.39, 0.29) is 12.2 Å². The number of hydrogen-bond donors (Lipinski definition) is 2. The monoisotopic (exact) mass is 514 g/mol. The van der Waals surface area contributed by atoms with Gasteiger partial charge in [0.25, 0.3) is 5.91 Å². The van der Waals surface area contributed by atoms with E-state index >= 15 is 0 Å². The molecular formula is C30H30N2O4S. The second-order valence-corrected chi connectivity index (χ2v) is 10.7. The van der Waals surface area contributed by atoms with Crippen LogP contribution in [-0.2, 0) is 28.8 Å². The molecule has 2 N–H and O–H groups in total. The molecule has 0 fully saturated rings.